The lowest BCUT2D eigenvalue weighted by atomic mass is 10.2. The summed E-state index contributed by atoms with van der Waals surface area (Å²) < 4.78 is 5.82. The van der Waals surface area contributed by atoms with Crippen molar-refractivity contribution in [1.82, 2.24) is 0 Å². The number of hydrogen-bond acceptors (Lipinski definition) is 3. The van der Waals surface area contributed by atoms with E-state index < -0.39 is 0 Å². The second kappa shape index (κ2) is 6.33. The van der Waals surface area contributed by atoms with Gasteiger partial charge in [0, 0.05) is 23.1 Å². The molecule has 3 nitrogen and oxygen atoms in total. The Morgan fingerprint density at radius 3 is 2.60 bits per heavy atom. The summed E-state index contributed by atoms with van der Waals surface area (Å²) in [6.45, 7) is 6.19. The molecule has 0 amide bonds. The fraction of sp³-hybridized carbons (Fsp3) is 0.294. The topological polar surface area (TPSA) is 47.3 Å². The molecule has 0 spiro atoms. The Morgan fingerprint density at radius 1 is 1.15 bits per heavy atom. The second-order valence-corrected chi connectivity index (χ2v) is 5.06. The number of rotatable bonds is 5. The van der Waals surface area contributed by atoms with Crippen LogP contribution in [-0.4, -0.2) is 6.10 Å². The number of nitrogens with two attached hydrogens (primary N) is 1. The number of anilines is 3. The molecule has 0 heterocycles. The quantitative estimate of drug-likeness (QED) is 0.786. The Balaban J connectivity index is 2.12. The maximum absolute atomic E-state index is 5.83. The fourth-order valence-corrected chi connectivity index (χ4v) is 1.88. The summed E-state index contributed by atoms with van der Waals surface area (Å²) in [6, 6.07) is 13.9. The van der Waals surface area contributed by atoms with Gasteiger partial charge in [-0.25, -0.2) is 0 Å². The molecule has 1 atom stereocenters. The van der Waals surface area contributed by atoms with Gasteiger partial charge in [-0.3, -0.25) is 0 Å². The zero-order valence-electron chi connectivity index (χ0n) is 12.3. The zero-order chi connectivity index (χ0) is 14.5. The summed E-state index contributed by atoms with van der Waals surface area (Å²) in [5, 5.41) is 3.37. The summed E-state index contributed by atoms with van der Waals surface area (Å²) in [5.74, 6) is 0.886. The lowest BCUT2D eigenvalue weighted by molar-refractivity contribution is 0.217. The number of hydrogen-bond donors (Lipinski definition) is 2. The smallest absolute Gasteiger partial charge is 0.121 e. The molecule has 0 bridgehead atoms. The van der Waals surface area contributed by atoms with Gasteiger partial charge in [0.1, 0.15) is 5.75 Å². The fourth-order valence-electron chi connectivity index (χ4n) is 1.88. The molecule has 0 aliphatic heterocycles. The van der Waals surface area contributed by atoms with Gasteiger partial charge in [0.05, 0.1) is 6.10 Å². The minimum absolute atomic E-state index is 0.226. The molecule has 0 saturated heterocycles. The van der Waals surface area contributed by atoms with Crippen LogP contribution in [0, 0.1) is 6.92 Å². The summed E-state index contributed by atoms with van der Waals surface area (Å²) >= 11 is 0. The van der Waals surface area contributed by atoms with Crippen LogP contribution < -0.4 is 15.8 Å². The highest BCUT2D eigenvalue weighted by Gasteiger charge is 2.03. The molecule has 0 aliphatic rings. The third-order valence-corrected chi connectivity index (χ3v) is 3.30. The molecule has 1 unspecified atom stereocenters. The van der Waals surface area contributed by atoms with Gasteiger partial charge < -0.3 is 15.8 Å². The minimum Gasteiger partial charge on any atom is -0.491 e. The maximum atomic E-state index is 5.83. The Labute approximate surface area is 120 Å². The van der Waals surface area contributed by atoms with E-state index in [4.69, 9.17) is 10.5 Å². The van der Waals surface area contributed by atoms with Crippen molar-refractivity contribution in [3.8, 4) is 5.75 Å². The summed E-state index contributed by atoms with van der Waals surface area (Å²) in [6.07, 6.45) is 1.22. The maximum Gasteiger partial charge on any atom is 0.121 e. The Kier molecular flexibility index (Phi) is 4.51. The van der Waals surface area contributed by atoms with Crippen molar-refractivity contribution in [2.45, 2.75) is 33.3 Å². The molecule has 0 aromatic heterocycles. The van der Waals surface area contributed by atoms with E-state index in [9.17, 15) is 0 Å². The minimum atomic E-state index is 0.226. The van der Waals surface area contributed by atoms with Crippen LogP contribution in [0.3, 0.4) is 0 Å². The van der Waals surface area contributed by atoms with Crippen molar-refractivity contribution < 1.29 is 4.74 Å². The SMILES string of the molecule is CCC(C)Oc1cccc(Nc2ccc(N)c(C)c2)c1. The van der Waals surface area contributed by atoms with Crippen LogP contribution in [0.5, 0.6) is 5.75 Å². The van der Waals surface area contributed by atoms with Crippen LogP contribution in [-0.2, 0) is 0 Å². The first-order valence-corrected chi connectivity index (χ1v) is 6.98. The average Bonchev–Trinajstić information content (AvgIpc) is 2.43. The van der Waals surface area contributed by atoms with Crippen LogP contribution >= 0.6 is 0 Å². The Bertz CT molecular complexity index is 581. The third-order valence-electron chi connectivity index (χ3n) is 3.30. The van der Waals surface area contributed by atoms with Crippen molar-refractivity contribution in [3.05, 3.63) is 48.0 Å². The molecule has 2 aromatic carbocycles. The number of nitrogen functional groups attached to an aromatic ring is 1. The van der Waals surface area contributed by atoms with Crippen molar-refractivity contribution in [1.29, 1.82) is 0 Å². The first-order chi connectivity index (χ1) is 9.58. The van der Waals surface area contributed by atoms with Crippen LogP contribution in [0.2, 0.25) is 0 Å². The highest BCUT2D eigenvalue weighted by atomic mass is 16.5. The Hall–Kier alpha value is -2.16. The largest absolute Gasteiger partial charge is 0.491 e. The van der Waals surface area contributed by atoms with E-state index in [1.54, 1.807) is 0 Å². The van der Waals surface area contributed by atoms with Crippen LogP contribution in [0.15, 0.2) is 42.5 Å². The van der Waals surface area contributed by atoms with Crippen molar-refractivity contribution in [2.75, 3.05) is 11.1 Å². The number of ether oxygens (including phenoxy) is 1. The molecular formula is C17H22N2O. The normalized spacial score (nSPS) is 11.9. The first kappa shape index (κ1) is 14.3. The van der Waals surface area contributed by atoms with Crippen LogP contribution in [0.1, 0.15) is 25.8 Å². The molecule has 0 fully saturated rings. The van der Waals surface area contributed by atoms with E-state index in [1.807, 2.05) is 49.4 Å². The van der Waals surface area contributed by atoms with Gasteiger partial charge in [-0.1, -0.05) is 13.0 Å². The van der Waals surface area contributed by atoms with E-state index in [0.29, 0.717) is 0 Å². The molecule has 0 radical (unpaired) electrons. The summed E-state index contributed by atoms with van der Waals surface area (Å²) in [4.78, 5) is 0. The summed E-state index contributed by atoms with van der Waals surface area (Å²) in [5.41, 5.74) is 9.74. The lowest BCUT2D eigenvalue weighted by Gasteiger charge is -2.14. The first-order valence-electron chi connectivity index (χ1n) is 6.98. The average molecular weight is 270 g/mol. The third kappa shape index (κ3) is 3.67. The van der Waals surface area contributed by atoms with Crippen LogP contribution in [0.4, 0.5) is 17.1 Å². The molecular weight excluding hydrogens is 248 g/mol. The van der Waals surface area contributed by atoms with Gasteiger partial charge in [0.25, 0.3) is 0 Å². The molecule has 0 saturated carbocycles. The van der Waals surface area contributed by atoms with E-state index >= 15 is 0 Å². The van der Waals surface area contributed by atoms with Crippen molar-refractivity contribution >= 4 is 17.1 Å². The molecule has 2 aromatic rings. The highest BCUT2D eigenvalue weighted by Crippen LogP contribution is 2.24. The molecule has 3 heteroatoms. The number of benzene rings is 2. The Morgan fingerprint density at radius 2 is 1.90 bits per heavy atom. The monoisotopic (exact) mass is 270 g/mol. The zero-order valence-corrected chi connectivity index (χ0v) is 12.3. The van der Waals surface area contributed by atoms with E-state index in [-0.39, 0.29) is 6.10 Å². The van der Waals surface area contributed by atoms with Gasteiger partial charge >= 0.3 is 0 Å². The van der Waals surface area contributed by atoms with Gasteiger partial charge in [0.2, 0.25) is 0 Å². The van der Waals surface area contributed by atoms with Crippen molar-refractivity contribution in [2.24, 2.45) is 0 Å². The molecule has 3 N–H and O–H groups in total. The lowest BCUT2D eigenvalue weighted by Crippen LogP contribution is -2.09. The molecule has 0 aliphatic carbocycles. The van der Waals surface area contributed by atoms with Gasteiger partial charge in [0.15, 0.2) is 0 Å². The predicted molar refractivity (Wildman–Crippen MR) is 85.7 cm³/mol. The standard InChI is InChI=1S/C17H22N2O/c1-4-13(3)20-16-7-5-6-14(11-16)19-15-8-9-17(18)12(2)10-15/h5-11,13,19H,4,18H2,1-3H3. The molecule has 2 rings (SSSR count). The molecule has 20 heavy (non-hydrogen) atoms. The number of nitrogens with one attached hydrogen (secondary N) is 1. The molecule has 106 valence electrons. The van der Waals surface area contributed by atoms with Crippen LogP contribution in [0.25, 0.3) is 0 Å². The second-order valence-electron chi connectivity index (χ2n) is 5.06. The van der Waals surface area contributed by atoms with E-state index in [1.165, 1.54) is 0 Å². The summed E-state index contributed by atoms with van der Waals surface area (Å²) in [7, 11) is 0. The van der Waals surface area contributed by atoms with Crippen molar-refractivity contribution in [3.63, 3.8) is 0 Å². The van der Waals surface area contributed by atoms with E-state index in [0.717, 1.165) is 34.8 Å². The van der Waals surface area contributed by atoms with Gasteiger partial charge in [-0.2, -0.15) is 0 Å². The van der Waals surface area contributed by atoms with E-state index in [2.05, 4.69) is 19.2 Å². The highest BCUT2D eigenvalue weighted by molar-refractivity contribution is 5.65. The predicted octanol–water partition coefficient (Wildman–Crippen LogP) is 4.50. The van der Waals surface area contributed by atoms with Gasteiger partial charge in [-0.05, 0) is 56.2 Å². The van der Waals surface area contributed by atoms with Gasteiger partial charge in [-0.15, -0.1) is 0 Å². The number of aryl methyl sites for hydroxylation is 1.